The second-order valence-corrected chi connectivity index (χ2v) is 8.03. The molecule has 2 fully saturated rings. The van der Waals surface area contributed by atoms with Crippen LogP contribution in [0.25, 0.3) is 0 Å². The van der Waals surface area contributed by atoms with Gasteiger partial charge in [-0.2, -0.15) is 26.3 Å². The van der Waals surface area contributed by atoms with Gasteiger partial charge in [0.1, 0.15) is 11.9 Å². The van der Waals surface area contributed by atoms with Gasteiger partial charge in [0.2, 0.25) is 5.91 Å². The van der Waals surface area contributed by atoms with Crippen LogP contribution in [0.5, 0.6) is 0 Å². The van der Waals surface area contributed by atoms with Crippen LogP contribution in [-0.2, 0) is 15.7 Å². The first-order chi connectivity index (χ1) is 15.3. The molecule has 3 rings (SSSR count). The lowest BCUT2D eigenvalue weighted by Gasteiger charge is -2.38. The number of urea groups is 1. The number of amides is 3. The molecule has 3 unspecified atom stereocenters. The van der Waals surface area contributed by atoms with Gasteiger partial charge in [0.25, 0.3) is 0 Å². The van der Waals surface area contributed by atoms with E-state index in [2.05, 4.69) is 10.6 Å². The largest absolute Gasteiger partial charge is 0.419 e. The highest BCUT2D eigenvalue weighted by Crippen LogP contribution is 2.39. The molecule has 13 heteroatoms. The molecular formula is C20H22F7N3O3. The monoisotopic (exact) mass is 485 g/mol. The van der Waals surface area contributed by atoms with Crippen LogP contribution in [0.2, 0.25) is 0 Å². The average molecular weight is 485 g/mol. The number of halogens is 7. The number of hydrogen-bond donors (Lipinski definition) is 2. The molecule has 2 saturated heterocycles. The Kier molecular flexibility index (Phi) is 7.10. The summed E-state index contributed by atoms with van der Waals surface area (Å²) in [5.41, 5.74) is -1.69. The van der Waals surface area contributed by atoms with Crippen LogP contribution < -0.4 is 10.6 Å². The summed E-state index contributed by atoms with van der Waals surface area (Å²) in [4.78, 5) is 25.9. The van der Waals surface area contributed by atoms with E-state index in [-0.39, 0.29) is 25.1 Å². The Morgan fingerprint density at radius 3 is 2.48 bits per heavy atom. The number of rotatable bonds is 3. The fraction of sp³-hybridized carbons (Fsp3) is 0.600. The summed E-state index contributed by atoms with van der Waals surface area (Å²) in [7, 11) is 0. The molecular weight excluding hydrogens is 463 g/mol. The number of nitrogens with one attached hydrogen (secondary N) is 2. The zero-order valence-corrected chi connectivity index (χ0v) is 17.4. The first-order valence-electron chi connectivity index (χ1n) is 10.2. The van der Waals surface area contributed by atoms with E-state index in [1.54, 1.807) is 0 Å². The number of ether oxygens (including phenoxy) is 1. The van der Waals surface area contributed by atoms with Gasteiger partial charge >= 0.3 is 18.4 Å². The molecule has 2 N–H and O–H groups in total. The SMILES string of the molecule is C[C@@H]1C(=O)NCCN1C(=O)NC(c1ccc(F)c(C(F)(F)F)c1)C1CCC(C(F)(F)F)OC1. The number of carbonyl (C=O) groups excluding carboxylic acids is 2. The molecule has 0 aliphatic carbocycles. The number of carbonyl (C=O) groups is 2. The summed E-state index contributed by atoms with van der Waals surface area (Å²) >= 11 is 0. The molecule has 4 atom stereocenters. The average Bonchev–Trinajstić information content (AvgIpc) is 2.73. The van der Waals surface area contributed by atoms with Gasteiger partial charge in [-0.1, -0.05) is 6.07 Å². The molecule has 1 aromatic carbocycles. The summed E-state index contributed by atoms with van der Waals surface area (Å²) in [6, 6.07) is -0.685. The van der Waals surface area contributed by atoms with E-state index in [9.17, 15) is 40.3 Å². The first kappa shape index (κ1) is 25.1. The molecule has 33 heavy (non-hydrogen) atoms. The third-order valence-electron chi connectivity index (χ3n) is 5.84. The van der Waals surface area contributed by atoms with Crippen molar-refractivity contribution in [3.8, 4) is 0 Å². The topological polar surface area (TPSA) is 70.7 Å². The molecule has 0 saturated carbocycles. The maximum absolute atomic E-state index is 13.8. The Morgan fingerprint density at radius 1 is 1.21 bits per heavy atom. The minimum atomic E-state index is -5.02. The van der Waals surface area contributed by atoms with Crippen molar-refractivity contribution in [2.45, 2.75) is 50.3 Å². The number of hydrogen-bond acceptors (Lipinski definition) is 3. The van der Waals surface area contributed by atoms with E-state index in [0.29, 0.717) is 12.1 Å². The molecule has 0 aromatic heterocycles. The summed E-state index contributed by atoms with van der Waals surface area (Å²) in [5, 5.41) is 5.09. The highest BCUT2D eigenvalue weighted by atomic mass is 19.4. The van der Waals surface area contributed by atoms with Crippen molar-refractivity contribution < 1.29 is 45.1 Å². The van der Waals surface area contributed by atoms with Crippen molar-refractivity contribution in [3.05, 3.63) is 35.1 Å². The van der Waals surface area contributed by atoms with Gasteiger partial charge in [0.05, 0.1) is 18.2 Å². The molecule has 184 valence electrons. The van der Waals surface area contributed by atoms with E-state index < -0.39 is 72.8 Å². The standard InChI is InChI=1S/C20H22F7N3O3/c1-10-17(31)28-6-7-30(10)18(32)29-16(12-3-5-15(33-9-12)20(25,26)27)11-2-4-14(21)13(8-11)19(22,23)24/h2,4,8,10,12,15-16H,3,5-7,9H2,1H3,(H,28,31)(H,29,32)/t10-,12?,15?,16?/m1/s1. The molecule has 0 spiro atoms. The van der Waals surface area contributed by atoms with Crippen molar-refractivity contribution in [2.24, 2.45) is 5.92 Å². The zero-order chi connectivity index (χ0) is 24.6. The van der Waals surface area contributed by atoms with E-state index in [4.69, 9.17) is 4.74 Å². The van der Waals surface area contributed by atoms with Crippen molar-refractivity contribution in [2.75, 3.05) is 19.7 Å². The molecule has 1 aromatic rings. The molecule has 6 nitrogen and oxygen atoms in total. The Bertz CT molecular complexity index is 883. The van der Waals surface area contributed by atoms with Crippen LogP contribution in [0.3, 0.4) is 0 Å². The number of benzene rings is 1. The van der Waals surface area contributed by atoms with Gasteiger partial charge in [0, 0.05) is 19.0 Å². The third-order valence-corrected chi connectivity index (χ3v) is 5.84. The van der Waals surface area contributed by atoms with Crippen LogP contribution in [0.15, 0.2) is 18.2 Å². The summed E-state index contributed by atoms with van der Waals surface area (Å²) in [6.45, 7) is 1.26. The van der Waals surface area contributed by atoms with Crippen LogP contribution in [0, 0.1) is 11.7 Å². The Hall–Kier alpha value is -2.57. The van der Waals surface area contributed by atoms with Gasteiger partial charge < -0.3 is 20.3 Å². The minimum Gasteiger partial charge on any atom is -0.368 e. The molecule has 2 heterocycles. The van der Waals surface area contributed by atoms with E-state index >= 15 is 0 Å². The van der Waals surface area contributed by atoms with Crippen molar-refractivity contribution >= 4 is 11.9 Å². The maximum Gasteiger partial charge on any atom is 0.419 e. The minimum absolute atomic E-state index is 0.107. The lowest BCUT2D eigenvalue weighted by atomic mass is 9.86. The molecule has 2 aliphatic rings. The Labute approximate surface area is 184 Å². The lowest BCUT2D eigenvalue weighted by Crippen LogP contribution is -2.59. The van der Waals surface area contributed by atoms with Crippen LogP contribution >= 0.6 is 0 Å². The zero-order valence-electron chi connectivity index (χ0n) is 17.4. The van der Waals surface area contributed by atoms with Gasteiger partial charge in [0.15, 0.2) is 6.10 Å². The van der Waals surface area contributed by atoms with E-state index in [1.165, 1.54) is 11.8 Å². The van der Waals surface area contributed by atoms with Crippen molar-refractivity contribution in [1.29, 1.82) is 0 Å². The fourth-order valence-corrected chi connectivity index (χ4v) is 4.00. The van der Waals surface area contributed by atoms with Crippen LogP contribution in [0.4, 0.5) is 35.5 Å². The third kappa shape index (κ3) is 5.68. The van der Waals surface area contributed by atoms with E-state index in [1.807, 2.05) is 0 Å². The fourth-order valence-electron chi connectivity index (χ4n) is 4.00. The maximum atomic E-state index is 13.8. The second kappa shape index (κ2) is 9.35. The van der Waals surface area contributed by atoms with Gasteiger partial charge in [-0.15, -0.1) is 0 Å². The van der Waals surface area contributed by atoms with E-state index in [0.717, 1.165) is 6.07 Å². The highest BCUT2D eigenvalue weighted by Gasteiger charge is 2.45. The quantitative estimate of drug-likeness (QED) is 0.641. The highest BCUT2D eigenvalue weighted by molar-refractivity contribution is 5.88. The summed E-state index contributed by atoms with van der Waals surface area (Å²) in [6.07, 6.45) is -12.2. The normalized spacial score (nSPS) is 25.4. The van der Waals surface area contributed by atoms with Crippen molar-refractivity contribution in [3.63, 3.8) is 0 Å². The summed E-state index contributed by atoms with van der Waals surface area (Å²) < 4.78 is 97.2. The van der Waals surface area contributed by atoms with Gasteiger partial charge in [-0.05, 0) is 37.5 Å². The molecule has 3 amide bonds. The van der Waals surface area contributed by atoms with Crippen LogP contribution in [-0.4, -0.2) is 54.9 Å². The second-order valence-electron chi connectivity index (χ2n) is 8.03. The van der Waals surface area contributed by atoms with Crippen LogP contribution in [0.1, 0.15) is 36.9 Å². The van der Waals surface area contributed by atoms with Gasteiger partial charge in [-0.25, -0.2) is 9.18 Å². The van der Waals surface area contributed by atoms with Gasteiger partial charge in [-0.3, -0.25) is 4.79 Å². The number of alkyl halides is 6. The van der Waals surface area contributed by atoms with Crippen molar-refractivity contribution in [1.82, 2.24) is 15.5 Å². The molecule has 0 bridgehead atoms. The number of nitrogens with zero attached hydrogens (tertiary/aromatic N) is 1. The predicted octanol–water partition coefficient (Wildman–Crippen LogP) is 3.77. The molecule has 0 radical (unpaired) electrons. The predicted molar refractivity (Wildman–Crippen MR) is 100 cm³/mol. The molecule has 2 aliphatic heterocycles. The Morgan fingerprint density at radius 2 is 1.91 bits per heavy atom. The first-order valence-corrected chi connectivity index (χ1v) is 10.2. The number of piperazine rings is 1. The Balaban J connectivity index is 1.89. The lowest BCUT2D eigenvalue weighted by molar-refractivity contribution is -0.236. The summed E-state index contributed by atoms with van der Waals surface area (Å²) in [5.74, 6) is -2.76. The smallest absolute Gasteiger partial charge is 0.368 e.